The summed E-state index contributed by atoms with van der Waals surface area (Å²) in [5.74, 6) is -0.659. The van der Waals surface area contributed by atoms with Crippen molar-refractivity contribution in [2.45, 2.75) is 33.2 Å². The van der Waals surface area contributed by atoms with Crippen LogP contribution in [-0.2, 0) is 9.59 Å². The van der Waals surface area contributed by atoms with E-state index in [2.05, 4.69) is 0 Å². The van der Waals surface area contributed by atoms with Crippen LogP contribution in [0.15, 0.2) is 21.3 Å². The lowest BCUT2D eigenvalue weighted by molar-refractivity contribution is -0.134. The number of halogens is 1. The number of hydrogen-bond acceptors (Lipinski definition) is 6. The first kappa shape index (κ1) is 21.7. The zero-order valence-corrected chi connectivity index (χ0v) is 16.7. The first-order chi connectivity index (χ1) is 13.1. The van der Waals surface area contributed by atoms with Gasteiger partial charge in [-0.15, -0.1) is 0 Å². The first-order valence-electron chi connectivity index (χ1n) is 8.69. The molecule has 0 bridgehead atoms. The maximum Gasteiger partial charge on any atom is 0.339 e. The third kappa shape index (κ3) is 5.24. The Hall–Kier alpha value is -2.58. The van der Waals surface area contributed by atoms with Crippen LogP contribution in [0.5, 0.6) is 5.75 Å². The summed E-state index contributed by atoms with van der Waals surface area (Å²) in [6.07, 6.45) is 0.798. The summed E-state index contributed by atoms with van der Waals surface area (Å²) in [7, 11) is 0. The van der Waals surface area contributed by atoms with E-state index in [1.165, 1.54) is 0 Å². The fourth-order valence-corrected chi connectivity index (χ4v) is 3.02. The molecule has 3 N–H and O–H groups in total. The molecule has 0 aliphatic carbocycles. The van der Waals surface area contributed by atoms with Crippen molar-refractivity contribution in [2.24, 2.45) is 5.73 Å². The number of nitrogens with zero attached hydrogens (tertiary/aromatic N) is 1. The van der Waals surface area contributed by atoms with Crippen LogP contribution in [-0.4, -0.2) is 47.6 Å². The predicted octanol–water partition coefficient (Wildman–Crippen LogP) is 2.09. The second kappa shape index (κ2) is 9.07. The molecule has 1 aromatic heterocycles. The molecule has 1 aliphatic heterocycles. The van der Waals surface area contributed by atoms with Crippen molar-refractivity contribution < 1.29 is 23.8 Å². The van der Waals surface area contributed by atoms with Gasteiger partial charge in [0.15, 0.2) is 6.61 Å². The van der Waals surface area contributed by atoms with Crippen molar-refractivity contribution in [1.82, 2.24) is 4.90 Å². The number of amides is 1. The van der Waals surface area contributed by atoms with Gasteiger partial charge in [-0.1, -0.05) is 11.6 Å². The van der Waals surface area contributed by atoms with Crippen molar-refractivity contribution in [3.63, 3.8) is 0 Å². The summed E-state index contributed by atoms with van der Waals surface area (Å²) >= 11 is 6.24. The molecule has 2 heterocycles. The van der Waals surface area contributed by atoms with E-state index in [1.54, 1.807) is 24.0 Å². The Labute approximate surface area is 166 Å². The average Bonchev–Trinajstić information content (AvgIpc) is 3.05. The molecule has 1 saturated heterocycles. The van der Waals surface area contributed by atoms with Gasteiger partial charge in [-0.2, -0.15) is 0 Å². The van der Waals surface area contributed by atoms with Crippen molar-refractivity contribution in [1.29, 1.82) is 0 Å². The normalized spacial score (nSPS) is 15.9. The van der Waals surface area contributed by atoms with Gasteiger partial charge in [-0.25, -0.2) is 4.79 Å². The molecule has 28 heavy (non-hydrogen) atoms. The zero-order valence-electron chi connectivity index (χ0n) is 16.0. The Morgan fingerprint density at radius 3 is 2.57 bits per heavy atom. The third-order valence-electron chi connectivity index (χ3n) is 4.44. The minimum atomic E-state index is -0.833. The first-order valence-corrected chi connectivity index (χ1v) is 9.07. The molecule has 1 unspecified atom stereocenters. The summed E-state index contributed by atoms with van der Waals surface area (Å²) in [4.78, 5) is 34.6. The van der Waals surface area contributed by atoms with E-state index in [0.717, 1.165) is 24.3 Å². The number of carboxylic acid groups (broad SMARTS) is 1. The van der Waals surface area contributed by atoms with Crippen molar-refractivity contribution in [3.8, 4) is 5.75 Å². The van der Waals surface area contributed by atoms with Gasteiger partial charge in [0, 0.05) is 43.1 Å². The van der Waals surface area contributed by atoms with Gasteiger partial charge in [0.1, 0.15) is 11.3 Å². The molecule has 8 nitrogen and oxygen atoms in total. The number of carbonyl (C=O) groups is 2. The van der Waals surface area contributed by atoms with E-state index in [9.17, 15) is 9.59 Å². The molecule has 0 saturated carbocycles. The van der Waals surface area contributed by atoms with Crippen molar-refractivity contribution >= 4 is 34.4 Å². The highest BCUT2D eigenvalue weighted by Crippen LogP contribution is 2.31. The molecule has 1 fully saturated rings. The highest BCUT2D eigenvalue weighted by molar-refractivity contribution is 6.32. The second-order valence-electron chi connectivity index (χ2n) is 6.61. The van der Waals surface area contributed by atoms with Gasteiger partial charge in [0.2, 0.25) is 0 Å². The van der Waals surface area contributed by atoms with Crippen LogP contribution in [0.2, 0.25) is 5.02 Å². The van der Waals surface area contributed by atoms with Crippen LogP contribution in [0.3, 0.4) is 0 Å². The minimum Gasteiger partial charge on any atom is -0.482 e. The van der Waals surface area contributed by atoms with Crippen molar-refractivity contribution in [2.75, 3.05) is 19.7 Å². The number of carbonyl (C=O) groups excluding carboxylic acids is 1. The lowest BCUT2D eigenvalue weighted by Gasteiger charge is -2.16. The SMILES string of the molecule is CC(=O)O.Cc1c(C)c2cc(Cl)c(OCC(=O)N3CCC(N)C3)cc2oc1=O. The molecule has 0 spiro atoms. The Morgan fingerprint density at radius 2 is 2.00 bits per heavy atom. The number of hydrogen-bond donors (Lipinski definition) is 2. The van der Waals surface area contributed by atoms with Crippen LogP contribution >= 0.6 is 11.6 Å². The smallest absolute Gasteiger partial charge is 0.339 e. The molecule has 2 aromatic rings. The molecule has 1 aliphatic rings. The molecule has 0 radical (unpaired) electrons. The maximum atomic E-state index is 12.1. The van der Waals surface area contributed by atoms with Gasteiger partial charge in [-0.05, 0) is 31.9 Å². The predicted molar refractivity (Wildman–Crippen MR) is 105 cm³/mol. The molecule has 9 heteroatoms. The lowest BCUT2D eigenvalue weighted by atomic mass is 10.1. The van der Waals surface area contributed by atoms with Gasteiger partial charge in [-0.3, -0.25) is 9.59 Å². The standard InChI is InChI=1S/C17H19ClN2O4.C2H4O2/c1-9-10(2)17(22)24-14-6-15(13(18)5-12(9)14)23-8-16(21)20-4-3-11(19)7-20;1-2(3)4/h5-6,11H,3-4,7-8,19H2,1-2H3;1H3,(H,3,4). The number of aryl methyl sites for hydroxylation is 1. The highest BCUT2D eigenvalue weighted by Gasteiger charge is 2.24. The largest absolute Gasteiger partial charge is 0.482 e. The second-order valence-corrected chi connectivity index (χ2v) is 7.02. The quantitative estimate of drug-likeness (QED) is 0.742. The molecule has 1 amide bonds. The maximum absolute atomic E-state index is 12.1. The summed E-state index contributed by atoms with van der Waals surface area (Å²) in [5.41, 5.74) is 7.16. The van der Waals surface area contributed by atoms with Crippen LogP contribution in [0.4, 0.5) is 0 Å². The number of aliphatic carboxylic acids is 1. The molecular formula is C19H23ClN2O6. The molecule has 152 valence electrons. The number of benzene rings is 1. The van der Waals surface area contributed by atoms with Gasteiger partial charge < -0.3 is 24.9 Å². The fourth-order valence-electron chi connectivity index (χ4n) is 2.80. The third-order valence-corrected chi connectivity index (χ3v) is 4.73. The number of rotatable bonds is 3. The van der Waals surface area contributed by atoms with Crippen LogP contribution < -0.4 is 16.1 Å². The number of ether oxygens (including phenoxy) is 1. The summed E-state index contributed by atoms with van der Waals surface area (Å²) in [6, 6.07) is 3.26. The van der Waals surface area contributed by atoms with Crippen LogP contribution in [0.25, 0.3) is 11.0 Å². The summed E-state index contributed by atoms with van der Waals surface area (Å²) in [6.45, 7) is 5.68. The van der Waals surface area contributed by atoms with Crippen molar-refractivity contribution in [3.05, 3.63) is 38.7 Å². The number of nitrogens with two attached hydrogens (primary N) is 1. The number of fused-ring (bicyclic) bond motifs is 1. The van der Waals surface area contributed by atoms with Gasteiger partial charge in [0.25, 0.3) is 11.9 Å². The average molecular weight is 411 g/mol. The Balaban J connectivity index is 0.000000640. The van der Waals surface area contributed by atoms with E-state index in [0.29, 0.717) is 35.0 Å². The van der Waals surface area contributed by atoms with E-state index < -0.39 is 11.6 Å². The summed E-state index contributed by atoms with van der Waals surface area (Å²) < 4.78 is 10.8. The Bertz CT molecular complexity index is 952. The topological polar surface area (TPSA) is 123 Å². The van der Waals surface area contributed by atoms with Crippen LogP contribution in [0.1, 0.15) is 24.5 Å². The monoisotopic (exact) mass is 410 g/mol. The van der Waals surface area contributed by atoms with E-state index in [4.69, 9.17) is 36.4 Å². The van der Waals surface area contributed by atoms with Crippen LogP contribution in [0, 0.1) is 13.8 Å². The molecule has 3 rings (SSSR count). The fraction of sp³-hybridized carbons (Fsp3) is 0.421. The minimum absolute atomic E-state index is 0.0266. The lowest BCUT2D eigenvalue weighted by Crippen LogP contribution is -2.35. The van der Waals surface area contributed by atoms with E-state index in [-0.39, 0.29) is 18.6 Å². The number of carboxylic acids is 1. The Morgan fingerprint density at radius 1 is 1.36 bits per heavy atom. The van der Waals surface area contributed by atoms with E-state index in [1.807, 2.05) is 6.92 Å². The molecule has 1 aromatic carbocycles. The zero-order chi connectivity index (χ0) is 21.0. The van der Waals surface area contributed by atoms with E-state index >= 15 is 0 Å². The molecule has 1 atom stereocenters. The van der Waals surface area contributed by atoms with Gasteiger partial charge in [0.05, 0.1) is 5.02 Å². The summed E-state index contributed by atoms with van der Waals surface area (Å²) in [5, 5.41) is 8.53. The highest BCUT2D eigenvalue weighted by atomic mass is 35.5. The Kier molecular flexibility index (Phi) is 7.04. The molecular weight excluding hydrogens is 388 g/mol. The van der Waals surface area contributed by atoms with Gasteiger partial charge >= 0.3 is 5.63 Å². The number of likely N-dealkylation sites (tertiary alicyclic amines) is 1.